The van der Waals surface area contributed by atoms with Crippen LogP contribution in [0.2, 0.25) is 5.15 Å². The molecule has 0 bridgehead atoms. The number of rotatable bonds is 3. The molecule has 32 heavy (non-hydrogen) atoms. The van der Waals surface area contributed by atoms with E-state index in [-0.39, 0.29) is 28.9 Å². The highest BCUT2D eigenvalue weighted by Crippen LogP contribution is 2.32. The van der Waals surface area contributed by atoms with E-state index in [1.54, 1.807) is 31.3 Å². The Hall–Kier alpha value is -3.11. The Morgan fingerprint density at radius 1 is 1.22 bits per heavy atom. The molecule has 168 valence electrons. The number of hydrogen-bond donors (Lipinski definition) is 1. The molecule has 3 heterocycles. The maximum absolute atomic E-state index is 13.2. The van der Waals surface area contributed by atoms with Crippen LogP contribution in [0.3, 0.4) is 0 Å². The fraction of sp³-hybridized carbons (Fsp3) is 0.375. The normalized spacial score (nSPS) is 18.0. The zero-order valence-electron chi connectivity index (χ0n) is 18.7. The third-order valence-corrected chi connectivity index (χ3v) is 5.92. The lowest BCUT2D eigenvalue weighted by Gasteiger charge is -2.39. The average molecular weight is 456 g/mol. The lowest BCUT2D eigenvalue weighted by Crippen LogP contribution is -2.46. The molecule has 3 aromatic rings. The number of halogens is 2. The van der Waals surface area contributed by atoms with Crippen molar-refractivity contribution in [2.24, 2.45) is 13.0 Å². The van der Waals surface area contributed by atoms with Crippen molar-refractivity contribution in [3.63, 3.8) is 0 Å². The maximum atomic E-state index is 13.2. The van der Waals surface area contributed by atoms with Crippen LogP contribution in [-0.2, 0) is 7.05 Å². The minimum Gasteiger partial charge on any atom is -0.382 e. The Labute approximate surface area is 192 Å². The van der Waals surface area contributed by atoms with E-state index in [1.165, 1.54) is 16.7 Å². The summed E-state index contributed by atoms with van der Waals surface area (Å²) in [7, 11) is 1.63. The Bertz CT molecular complexity index is 1200. The Morgan fingerprint density at radius 3 is 2.53 bits per heavy atom. The predicted octanol–water partition coefficient (Wildman–Crippen LogP) is 4.95. The molecule has 2 atom stereocenters. The van der Waals surface area contributed by atoms with Gasteiger partial charge in [-0.3, -0.25) is 4.79 Å². The highest BCUT2D eigenvalue weighted by molar-refractivity contribution is 6.29. The first kappa shape index (κ1) is 23.6. The summed E-state index contributed by atoms with van der Waals surface area (Å²) in [5.74, 6) is -0.0511. The average Bonchev–Trinajstić information content (AvgIpc) is 2.80. The number of pyridine rings is 2. The van der Waals surface area contributed by atoms with Gasteiger partial charge in [0.25, 0.3) is 5.56 Å². The molecule has 1 fully saturated rings. The highest BCUT2D eigenvalue weighted by atomic mass is 35.5. The molecule has 2 unspecified atom stereocenters. The van der Waals surface area contributed by atoms with Crippen LogP contribution in [0.5, 0.6) is 0 Å². The van der Waals surface area contributed by atoms with Gasteiger partial charge in [-0.1, -0.05) is 32.4 Å². The number of aromatic nitrogens is 2. The molecule has 1 saturated heterocycles. The molecule has 8 heteroatoms. The van der Waals surface area contributed by atoms with E-state index in [2.05, 4.69) is 28.2 Å². The molecule has 4 rings (SSSR count). The van der Waals surface area contributed by atoms with Gasteiger partial charge in [-0.05, 0) is 48.7 Å². The second kappa shape index (κ2) is 10.0. The molecule has 0 saturated carbocycles. The van der Waals surface area contributed by atoms with Gasteiger partial charge in [0.1, 0.15) is 28.1 Å². The van der Waals surface area contributed by atoms with Gasteiger partial charge in [0, 0.05) is 31.9 Å². The van der Waals surface area contributed by atoms with Crippen molar-refractivity contribution < 1.29 is 4.39 Å². The molecule has 1 aliphatic heterocycles. The van der Waals surface area contributed by atoms with E-state index in [1.807, 2.05) is 13.8 Å². The molecular weight excluding hydrogens is 429 g/mol. The molecule has 2 aromatic heterocycles. The van der Waals surface area contributed by atoms with Crippen molar-refractivity contribution in [2.45, 2.75) is 33.2 Å². The van der Waals surface area contributed by atoms with Crippen molar-refractivity contribution in [1.82, 2.24) is 9.55 Å². The Morgan fingerprint density at radius 2 is 1.91 bits per heavy atom. The molecule has 0 radical (unpaired) electrons. The van der Waals surface area contributed by atoms with Gasteiger partial charge in [-0.2, -0.15) is 5.26 Å². The van der Waals surface area contributed by atoms with Crippen LogP contribution in [0.4, 0.5) is 15.8 Å². The first-order chi connectivity index (χ1) is 15.4. The maximum Gasteiger partial charge on any atom is 0.270 e. The number of anilines is 2. The number of nitrogens with zero attached hydrogens (tertiary/aromatic N) is 4. The van der Waals surface area contributed by atoms with Gasteiger partial charge >= 0.3 is 0 Å². The van der Waals surface area contributed by atoms with E-state index in [0.29, 0.717) is 35.0 Å². The Kier molecular flexibility index (Phi) is 7.37. The lowest BCUT2D eigenvalue weighted by molar-refractivity contribution is 0.404. The van der Waals surface area contributed by atoms with Gasteiger partial charge in [-0.15, -0.1) is 0 Å². The van der Waals surface area contributed by atoms with Gasteiger partial charge in [-0.25, -0.2) is 9.37 Å². The fourth-order valence-corrected chi connectivity index (χ4v) is 4.25. The number of nitriles is 1. The second-order valence-electron chi connectivity index (χ2n) is 7.67. The van der Waals surface area contributed by atoms with E-state index < -0.39 is 0 Å². The van der Waals surface area contributed by atoms with Crippen LogP contribution >= 0.6 is 11.6 Å². The summed E-state index contributed by atoms with van der Waals surface area (Å²) in [5.41, 5.74) is 2.34. The van der Waals surface area contributed by atoms with E-state index in [0.717, 1.165) is 12.1 Å². The standard InChI is InChI=1S/C22H21ClFN5O.C2H6/c1-13-12-29(10-9-17(13)26-15-5-3-14(24)4-6-15)21-16(11-25)22(30)28(2)18-7-8-19(23)27-20(18)21;1-2/h3-8,13,17,26H,9-10,12H2,1-2H3;1-2H3. The van der Waals surface area contributed by atoms with Gasteiger partial charge in [0.15, 0.2) is 0 Å². The number of fused-ring (bicyclic) bond motifs is 1. The third-order valence-electron chi connectivity index (χ3n) is 5.71. The van der Waals surface area contributed by atoms with Crippen LogP contribution in [0.25, 0.3) is 11.0 Å². The number of hydrogen-bond acceptors (Lipinski definition) is 5. The number of benzene rings is 1. The fourth-order valence-electron chi connectivity index (χ4n) is 4.10. The first-order valence-corrected chi connectivity index (χ1v) is 11.1. The number of nitrogens with one attached hydrogen (secondary N) is 1. The molecule has 0 amide bonds. The number of aryl methyl sites for hydroxylation is 1. The first-order valence-electron chi connectivity index (χ1n) is 10.8. The van der Waals surface area contributed by atoms with Gasteiger partial charge in [0.05, 0.1) is 11.2 Å². The van der Waals surface area contributed by atoms with E-state index >= 15 is 0 Å². The highest BCUT2D eigenvalue weighted by Gasteiger charge is 2.30. The monoisotopic (exact) mass is 455 g/mol. The van der Waals surface area contributed by atoms with Crippen molar-refractivity contribution in [3.05, 3.63) is 63.3 Å². The van der Waals surface area contributed by atoms with Crippen LogP contribution in [-0.4, -0.2) is 28.7 Å². The van der Waals surface area contributed by atoms with Gasteiger partial charge < -0.3 is 14.8 Å². The predicted molar refractivity (Wildman–Crippen MR) is 128 cm³/mol. The minimum atomic E-state index is -0.344. The van der Waals surface area contributed by atoms with Gasteiger partial charge in [0.2, 0.25) is 0 Å². The Balaban J connectivity index is 0.00000141. The summed E-state index contributed by atoms with van der Waals surface area (Å²) in [6, 6.07) is 12.0. The van der Waals surface area contributed by atoms with Crippen LogP contribution in [0.1, 0.15) is 32.8 Å². The van der Waals surface area contributed by atoms with E-state index in [4.69, 9.17) is 11.6 Å². The topological polar surface area (TPSA) is 74.0 Å². The SMILES string of the molecule is CC.CC1CN(c2c(C#N)c(=O)n(C)c3ccc(Cl)nc23)CCC1Nc1ccc(F)cc1. The zero-order chi connectivity index (χ0) is 23.4. The lowest BCUT2D eigenvalue weighted by atomic mass is 9.92. The van der Waals surface area contributed by atoms with Crippen molar-refractivity contribution in [1.29, 1.82) is 5.26 Å². The summed E-state index contributed by atoms with van der Waals surface area (Å²) in [4.78, 5) is 19.3. The smallest absolute Gasteiger partial charge is 0.270 e. The molecular formula is C24H27ClFN5O. The summed E-state index contributed by atoms with van der Waals surface area (Å²) in [6.45, 7) is 7.40. The van der Waals surface area contributed by atoms with Crippen LogP contribution in [0.15, 0.2) is 41.2 Å². The zero-order valence-corrected chi connectivity index (χ0v) is 19.4. The molecule has 1 N–H and O–H groups in total. The van der Waals surface area contributed by atoms with Crippen molar-refractivity contribution in [3.8, 4) is 6.07 Å². The summed E-state index contributed by atoms with van der Waals surface area (Å²) in [6.07, 6.45) is 0.792. The largest absolute Gasteiger partial charge is 0.382 e. The molecule has 0 aliphatic carbocycles. The number of piperidine rings is 1. The second-order valence-corrected chi connectivity index (χ2v) is 8.06. The van der Waals surface area contributed by atoms with Crippen LogP contribution < -0.4 is 15.8 Å². The summed E-state index contributed by atoms with van der Waals surface area (Å²) in [5, 5.41) is 13.5. The van der Waals surface area contributed by atoms with Crippen molar-refractivity contribution in [2.75, 3.05) is 23.3 Å². The molecule has 1 aromatic carbocycles. The van der Waals surface area contributed by atoms with E-state index in [9.17, 15) is 14.4 Å². The molecule has 1 aliphatic rings. The van der Waals surface area contributed by atoms with Crippen LogP contribution in [0, 0.1) is 23.1 Å². The molecule has 0 spiro atoms. The summed E-state index contributed by atoms with van der Waals surface area (Å²) < 4.78 is 14.6. The van der Waals surface area contributed by atoms with Crippen molar-refractivity contribution >= 4 is 34.0 Å². The minimum absolute atomic E-state index is 0.0805. The molecule has 6 nitrogen and oxygen atoms in total. The summed E-state index contributed by atoms with van der Waals surface area (Å²) >= 11 is 6.13. The third kappa shape index (κ3) is 4.56. The quantitative estimate of drug-likeness (QED) is 0.565.